The van der Waals surface area contributed by atoms with Gasteiger partial charge in [0.15, 0.2) is 0 Å². The maximum atomic E-state index is 9.87. The van der Waals surface area contributed by atoms with Crippen molar-refractivity contribution in [2.45, 2.75) is 13.3 Å². The Labute approximate surface area is 98.6 Å². The van der Waals surface area contributed by atoms with Gasteiger partial charge in [-0.25, -0.2) is 4.79 Å². The highest BCUT2D eigenvalue weighted by atomic mass is 16.4. The summed E-state index contributed by atoms with van der Waals surface area (Å²) in [4.78, 5) is 19.7. The molecule has 100 valence electrons. The Kier molecular flexibility index (Phi) is 9.16. The second-order valence-electron chi connectivity index (χ2n) is 3.76. The van der Waals surface area contributed by atoms with Gasteiger partial charge in [-0.05, 0) is 0 Å². The van der Waals surface area contributed by atoms with Crippen LogP contribution in [0, 0.1) is 5.41 Å². The third-order valence-electron chi connectivity index (χ3n) is 1.81. The number of carbonyl (C=O) groups is 2. The van der Waals surface area contributed by atoms with E-state index in [1.165, 1.54) is 0 Å². The predicted octanol–water partition coefficient (Wildman–Crippen LogP) is -0.928. The van der Waals surface area contributed by atoms with Crippen LogP contribution in [-0.2, 0) is 9.59 Å². The summed E-state index contributed by atoms with van der Waals surface area (Å²) in [5.41, 5.74) is -1.01. The molecule has 0 radical (unpaired) electrons. The van der Waals surface area contributed by atoms with E-state index in [1.54, 1.807) is 6.92 Å². The van der Waals surface area contributed by atoms with Crippen LogP contribution in [0.15, 0.2) is 12.2 Å². The molecule has 0 atom stereocenters. The largest absolute Gasteiger partial charge is 0.481 e. The topological polar surface area (TPSA) is 135 Å². The SMILES string of the molecule is C=C(CC(=O)O)C(=O)O.CC(CO)(CO)CO. The molecule has 0 amide bonds. The molecule has 0 unspecified atom stereocenters. The van der Waals surface area contributed by atoms with Gasteiger partial charge in [0.1, 0.15) is 0 Å². The number of aliphatic hydroxyl groups excluding tert-OH is 3. The van der Waals surface area contributed by atoms with E-state index < -0.39 is 23.8 Å². The molecule has 0 spiro atoms. The van der Waals surface area contributed by atoms with Crippen LogP contribution in [0.1, 0.15) is 13.3 Å². The van der Waals surface area contributed by atoms with Crippen molar-refractivity contribution in [3.8, 4) is 0 Å². The van der Waals surface area contributed by atoms with Gasteiger partial charge in [0.05, 0.1) is 26.2 Å². The van der Waals surface area contributed by atoms with Crippen LogP contribution in [0.3, 0.4) is 0 Å². The standard InChI is InChI=1S/C5H6O4.C5H12O3/c1-3(5(8)9)2-4(6)7;1-5(2-6,3-7)4-8/h1-2H2,(H,6,7)(H,8,9);6-8H,2-4H2,1H3. The van der Waals surface area contributed by atoms with Crippen molar-refractivity contribution < 1.29 is 35.1 Å². The number of carboxylic acid groups (broad SMARTS) is 2. The second kappa shape index (κ2) is 8.68. The van der Waals surface area contributed by atoms with Crippen molar-refractivity contribution in [2.75, 3.05) is 19.8 Å². The average molecular weight is 250 g/mol. The monoisotopic (exact) mass is 250 g/mol. The average Bonchev–Trinajstić information content (AvgIpc) is 2.28. The van der Waals surface area contributed by atoms with Gasteiger partial charge in [0.2, 0.25) is 0 Å². The van der Waals surface area contributed by atoms with Crippen LogP contribution in [0.25, 0.3) is 0 Å². The first-order valence-corrected chi connectivity index (χ1v) is 4.68. The molecule has 0 bridgehead atoms. The first-order chi connectivity index (χ1) is 7.72. The molecule has 17 heavy (non-hydrogen) atoms. The summed E-state index contributed by atoms with van der Waals surface area (Å²) in [6.45, 7) is 4.08. The lowest BCUT2D eigenvalue weighted by molar-refractivity contribution is -0.139. The van der Waals surface area contributed by atoms with E-state index in [1.807, 2.05) is 0 Å². The highest BCUT2D eigenvalue weighted by Crippen LogP contribution is 2.10. The molecule has 0 saturated heterocycles. The van der Waals surface area contributed by atoms with E-state index in [0.717, 1.165) is 0 Å². The molecule has 0 aliphatic heterocycles. The molecule has 0 aromatic rings. The van der Waals surface area contributed by atoms with Crippen LogP contribution in [0.4, 0.5) is 0 Å². The molecule has 0 saturated carbocycles. The second-order valence-corrected chi connectivity index (χ2v) is 3.76. The summed E-state index contributed by atoms with van der Waals surface area (Å²) in [5, 5.41) is 41.5. The van der Waals surface area contributed by atoms with Crippen molar-refractivity contribution >= 4 is 11.9 Å². The molecule has 0 aromatic heterocycles. The molecular formula is C10H18O7. The van der Waals surface area contributed by atoms with Crippen LogP contribution >= 0.6 is 0 Å². The van der Waals surface area contributed by atoms with Crippen molar-refractivity contribution in [3.05, 3.63) is 12.2 Å². The van der Waals surface area contributed by atoms with Gasteiger partial charge < -0.3 is 25.5 Å². The quantitative estimate of drug-likeness (QED) is 0.384. The van der Waals surface area contributed by atoms with Gasteiger partial charge in [-0.2, -0.15) is 0 Å². The number of aliphatic hydroxyl groups is 3. The fourth-order valence-electron chi connectivity index (χ4n) is 0.408. The van der Waals surface area contributed by atoms with Gasteiger partial charge >= 0.3 is 11.9 Å². The van der Waals surface area contributed by atoms with E-state index in [-0.39, 0.29) is 25.4 Å². The summed E-state index contributed by atoms with van der Waals surface area (Å²) >= 11 is 0. The highest BCUT2D eigenvalue weighted by Gasteiger charge is 2.20. The zero-order valence-corrected chi connectivity index (χ0v) is 9.59. The molecule has 7 nitrogen and oxygen atoms in total. The predicted molar refractivity (Wildman–Crippen MR) is 58.4 cm³/mol. The molecule has 7 heteroatoms. The molecule has 5 N–H and O–H groups in total. The Morgan fingerprint density at radius 1 is 1.06 bits per heavy atom. The fraction of sp³-hybridized carbons (Fsp3) is 0.600. The van der Waals surface area contributed by atoms with E-state index in [4.69, 9.17) is 25.5 Å². The Morgan fingerprint density at radius 3 is 1.47 bits per heavy atom. The van der Waals surface area contributed by atoms with Crippen LogP contribution in [0.2, 0.25) is 0 Å². The van der Waals surface area contributed by atoms with Gasteiger partial charge in [0, 0.05) is 11.0 Å². The Bertz CT molecular complexity index is 260. The van der Waals surface area contributed by atoms with Crippen LogP contribution < -0.4 is 0 Å². The summed E-state index contributed by atoms with van der Waals surface area (Å²) in [6, 6.07) is 0. The maximum Gasteiger partial charge on any atom is 0.331 e. The summed E-state index contributed by atoms with van der Waals surface area (Å²) in [6.07, 6.45) is -0.505. The van der Waals surface area contributed by atoms with Gasteiger partial charge in [-0.3, -0.25) is 4.79 Å². The van der Waals surface area contributed by atoms with E-state index in [9.17, 15) is 9.59 Å². The number of rotatable bonds is 6. The lowest BCUT2D eigenvalue weighted by atomic mass is 9.95. The lowest BCUT2D eigenvalue weighted by Crippen LogP contribution is -2.29. The number of hydrogen-bond acceptors (Lipinski definition) is 5. The minimum Gasteiger partial charge on any atom is -0.481 e. The number of aliphatic carboxylic acids is 2. The van der Waals surface area contributed by atoms with Gasteiger partial charge in [-0.1, -0.05) is 13.5 Å². The molecular weight excluding hydrogens is 232 g/mol. The van der Waals surface area contributed by atoms with Gasteiger partial charge in [-0.15, -0.1) is 0 Å². The van der Waals surface area contributed by atoms with Crippen LogP contribution in [0.5, 0.6) is 0 Å². The zero-order valence-electron chi connectivity index (χ0n) is 9.59. The van der Waals surface area contributed by atoms with E-state index in [2.05, 4.69) is 6.58 Å². The molecule has 0 aliphatic rings. The van der Waals surface area contributed by atoms with Gasteiger partial charge in [0.25, 0.3) is 0 Å². The van der Waals surface area contributed by atoms with Crippen molar-refractivity contribution in [1.29, 1.82) is 0 Å². The van der Waals surface area contributed by atoms with Crippen molar-refractivity contribution in [2.24, 2.45) is 5.41 Å². The van der Waals surface area contributed by atoms with E-state index >= 15 is 0 Å². The minimum absolute atomic E-state index is 0.181. The first kappa shape index (κ1) is 17.9. The number of hydrogen-bond donors (Lipinski definition) is 5. The summed E-state index contributed by atoms with van der Waals surface area (Å²) in [5.74, 6) is -2.44. The molecule has 0 aromatic carbocycles. The fourth-order valence-corrected chi connectivity index (χ4v) is 0.408. The van der Waals surface area contributed by atoms with E-state index in [0.29, 0.717) is 0 Å². The smallest absolute Gasteiger partial charge is 0.331 e. The molecule has 0 rings (SSSR count). The van der Waals surface area contributed by atoms with Crippen molar-refractivity contribution in [1.82, 2.24) is 0 Å². The highest BCUT2D eigenvalue weighted by molar-refractivity contribution is 5.91. The first-order valence-electron chi connectivity index (χ1n) is 4.68. The third-order valence-corrected chi connectivity index (χ3v) is 1.81. The number of carboxylic acids is 2. The summed E-state index contributed by atoms with van der Waals surface area (Å²) in [7, 11) is 0. The summed E-state index contributed by atoms with van der Waals surface area (Å²) < 4.78 is 0. The molecule has 0 aliphatic carbocycles. The maximum absolute atomic E-state index is 9.87. The zero-order chi connectivity index (χ0) is 14.1. The molecule has 0 fully saturated rings. The third kappa shape index (κ3) is 9.49. The Morgan fingerprint density at radius 2 is 1.41 bits per heavy atom. The normalized spacial score (nSPS) is 10.1. The minimum atomic E-state index is -1.27. The lowest BCUT2D eigenvalue weighted by Gasteiger charge is -2.20. The molecule has 0 heterocycles. The Balaban J connectivity index is 0. The van der Waals surface area contributed by atoms with Crippen LogP contribution in [-0.4, -0.2) is 57.3 Å². The Hall–Kier alpha value is -1.44. The van der Waals surface area contributed by atoms with Crippen molar-refractivity contribution in [3.63, 3.8) is 0 Å².